The molecule has 0 unspecified atom stereocenters. The maximum atomic E-state index is 12.1. The van der Waals surface area contributed by atoms with Gasteiger partial charge in [0, 0.05) is 0 Å². The highest BCUT2D eigenvalue weighted by molar-refractivity contribution is 7.15. The summed E-state index contributed by atoms with van der Waals surface area (Å²) in [6, 6.07) is 3.36. The van der Waals surface area contributed by atoms with Gasteiger partial charge in [-0.3, -0.25) is 14.8 Å². The summed E-state index contributed by atoms with van der Waals surface area (Å²) in [6.07, 6.45) is 0. The number of furan rings is 1. The number of rotatable bonds is 4. The summed E-state index contributed by atoms with van der Waals surface area (Å²) in [5.41, 5.74) is 1.62. The van der Waals surface area contributed by atoms with Crippen molar-refractivity contribution in [2.45, 2.75) is 27.3 Å². The van der Waals surface area contributed by atoms with Crippen LogP contribution in [-0.4, -0.2) is 25.9 Å². The third kappa shape index (κ3) is 3.27. The molecule has 1 N–H and O–H groups in total. The number of aryl methyl sites for hydroxylation is 2. The molecule has 3 aromatic heterocycles. The molecule has 0 aromatic carbocycles. The summed E-state index contributed by atoms with van der Waals surface area (Å²) in [6.45, 7) is 5.95. The Hall–Kier alpha value is -2.19. The Labute approximate surface area is 141 Å². The highest BCUT2D eigenvalue weighted by atomic mass is 35.5. The van der Waals surface area contributed by atoms with Crippen LogP contribution in [0.1, 0.15) is 32.7 Å². The van der Waals surface area contributed by atoms with Crippen molar-refractivity contribution < 1.29 is 9.21 Å². The molecule has 0 spiro atoms. The summed E-state index contributed by atoms with van der Waals surface area (Å²) in [7, 11) is 0. The number of halogens is 1. The lowest BCUT2D eigenvalue weighted by Crippen LogP contribution is -2.10. The molecule has 23 heavy (non-hydrogen) atoms. The first kappa shape index (κ1) is 15.7. The van der Waals surface area contributed by atoms with Gasteiger partial charge >= 0.3 is 0 Å². The average Bonchev–Trinajstić information content (AvgIpc) is 3.18. The van der Waals surface area contributed by atoms with E-state index in [4.69, 9.17) is 16.0 Å². The number of carbonyl (C=O) groups excluding carboxylic acids is 1. The van der Waals surface area contributed by atoms with Crippen LogP contribution < -0.4 is 5.32 Å². The van der Waals surface area contributed by atoms with Crippen molar-refractivity contribution in [1.29, 1.82) is 0 Å². The van der Waals surface area contributed by atoms with E-state index in [1.165, 1.54) is 11.3 Å². The zero-order chi connectivity index (χ0) is 16.6. The largest absolute Gasteiger partial charge is 0.454 e. The zero-order valence-corrected chi connectivity index (χ0v) is 14.3. The molecule has 0 radical (unpaired) electrons. The molecule has 9 heteroatoms. The molecule has 3 heterocycles. The molecule has 0 saturated heterocycles. The van der Waals surface area contributed by atoms with E-state index in [1.54, 1.807) is 16.8 Å². The van der Waals surface area contributed by atoms with E-state index < -0.39 is 0 Å². The Bertz CT molecular complexity index is 867. The van der Waals surface area contributed by atoms with Gasteiger partial charge in [-0.2, -0.15) is 5.10 Å². The van der Waals surface area contributed by atoms with Crippen LogP contribution in [0.2, 0.25) is 5.02 Å². The summed E-state index contributed by atoms with van der Waals surface area (Å²) in [4.78, 5) is 12.1. The third-order valence-corrected chi connectivity index (χ3v) is 4.53. The first-order chi connectivity index (χ1) is 10.9. The lowest BCUT2D eigenvalue weighted by molar-refractivity contribution is 0.0994. The molecular formula is C14H14ClN5O2S. The number of amides is 1. The maximum absolute atomic E-state index is 12.1. The zero-order valence-electron chi connectivity index (χ0n) is 12.8. The van der Waals surface area contributed by atoms with E-state index in [0.717, 1.165) is 16.4 Å². The monoisotopic (exact) mass is 351 g/mol. The van der Waals surface area contributed by atoms with Crippen molar-refractivity contribution in [3.05, 3.63) is 45.1 Å². The second-order valence-corrected chi connectivity index (χ2v) is 6.55. The lowest BCUT2D eigenvalue weighted by Gasteiger charge is -2.01. The van der Waals surface area contributed by atoms with Gasteiger partial charge in [0.25, 0.3) is 5.91 Å². The molecular weight excluding hydrogens is 338 g/mol. The van der Waals surface area contributed by atoms with Crippen LogP contribution in [0.4, 0.5) is 5.13 Å². The Kier molecular flexibility index (Phi) is 4.18. The van der Waals surface area contributed by atoms with Gasteiger partial charge in [-0.05, 0) is 32.9 Å². The number of aromatic nitrogens is 4. The van der Waals surface area contributed by atoms with Crippen molar-refractivity contribution in [1.82, 2.24) is 20.0 Å². The lowest BCUT2D eigenvalue weighted by atomic mass is 10.4. The molecule has 0 aliphatic carbocycles. The smallest absolute Gasteiger partial charge is 0.293 e. The summed E-state index contributed by atoms with van der Waals surface area (Å²) in [5.74, 6) is 0.463. The van der Waals surface area contributed by atoms with Gasteiger partial charge in [0.2, 0.25) is 5.13 Å². The van der Waals surface area contributed by atoms with Crippen LogP contribution >= 0.6 is 22.9 Å². The van der Waals surface area contributed by atoms with E-state index >= 15 is 0 Å². The first-order valence-electron chi connectivity index (χ1n) is 6.83. The first-order valence-corrected chi connectivity index (χ1v) is 8.03. The summed E-state index contributed by atoms with van der Waals surface area (Å²) < 4.78 is 7.32. The minimum atomic E-state index is -0.362. The maximum Gasteiger partial charge on any atom is 0.293 e. The number of nitrogens with one attached hydrogen (secondary N) is 1. The minimum Gasteiger partial charge on any atom is -0.454 e. The Morgan fingerprint density at radius 3 is 2.74 bits per heavy atom. The number of hydrogen-bond donors (Lipinski definition) is 1. The predicted molar refractivity (Wildman–Crippen MR) is 87.1 cm³/mol. The van der Waals surface area contributed by atoms with Gasteiger partial charge in [-0.15, -0.1) is 10.2 Å². The average molecular weight is 352 g/mol. The van der Waals surface area contributed by atoms with E-state index in [1.807, 2.05) is 20.8 Å². The number of hydrogen-bond acceptors (Lipinski definition) is 6. The molecule has 7 nitrogen and oxygen atoms in total. The van der Waals surface area contributed by atoms with Crippen molar-refractivity contribution in [2.75, 3.05) is 5.32 Å². The molecule has 0 atom stereocenters. The van der Waals surface area contributed by atoms with Gasteiger partial charge in [-0.25, -0.2) is 0 Å². The normalized spacial score (nSPS) is 11.0. The predicted octanol–water partition coefficient (Wildman–Crippen LogP) is 3.21. The van der Waals surface area contributed by atoms with Crippen LogP contribution in [0, 0.1) is 20.8 Å². The van der Waals surface area contributed by atoms with Crippen LogP contribution in [0.5, 0.6) is 0 Å². The van der Waals surface area contributed by atoms with E-state index in [0.29, 0.717) is 22.5 Å². The van der Waals surface area contributed by atoms with Crippen LogP contribution in [0.3, 0.4) is 0 Å². The highest BCUT2D eigenvalue weighted by Crippen LogP contribution is 2.21. The molecule has 0 saturated carbocycles. The molecule has 1 amide bonds. The quantitative estimate of drug-likeness (QED) is 0.780. The topological polar surface area (TPSA) is 85.8 Å². The second kappa shape index (κ2) is 6.13. The molecule has 0 aliphatic rings. The molecule has 0 aliphatic heterocycles. The molecule has 3 rings (SSSR count). The second-order valence-electron chi connectivity index (χ2n) is 4.99. The molecule has 3 aromatic rings. The Balaban J connectivity index is 1.72. The van der Waals surface area contributed by atoms with Gasteiger partial charge in [0.05, 0.1) is 23.0 Å². The van der Waals surface area contributed by atoms with Crippen molar-refractivity contribution >= 4 is 34.0 Å². The van der Waals surface area contributed by atoms with Crippen LogP contribution in [-0.2, 0) is 6.54 Å². The fourth-order valence-corrected chi connectivity index (χ4v) is 2.79. The molecule has 0 fully saturated rings. The highest BCUT2D eigenvalue weighted by Gasteiger charge is 2.15. The SMILES string of the molecule is Cc1nnc(NC(=O)c2ccc(Cn3nc(C)c(Cl)c3C)o2)s1. The number of anilines is 1. The van der Waals surface area contributed by atoms with Gasteiger partial charge in [0.15, 0.2) is 5.76 Å². The van der Waals surface area contributed by atoms with E-state index in [9.17, 15) is 4.79 Å². The van der Waals surface area contributed by atoms with Gasteiger partial charge < -0.3 is 4.42 Å². The van der Waals surface area contributed by atoms with Crippen molar-refractivity contribution in [3.63, 3.8) is 0 Å². The third-order valence-electron chi connectivity index (χ3n) is 3.23. The van der Waals surface area contributed by atoms with Crippen molar-refractivity contribution in [2.24, 2.45) is 0 Å². The van der Waals surface area contributed by atoms with Gasteiger partial charge in [0.1, 0.15) is 10.8 Å². The van der Waals surface area contributed by atoms with Gasteiger partial charge in [-0.1, -0.05) is 22.9 Å². The fourth-order valence-electron chi connectivity index (χ4n) is 2.07. The minimum absolute atomic E-state index is 0.209. The summed E-state index contributed by atoms with van der Waals surface area (Å²) >= 11 is 7.42. The molecule has 0 bridgehead atoms. The summed E-state index contributed by atoms with van der Waals surface area (Å²) in [5, 5.41) is 16.5. The fraction of sp³-hybridized carbons (Fsp3) is 0.286. The van der Waals surface area contributed by atoms with E-state index in [-0.39, 0.29) is 11.7 Å². The standard InChI is InChI=1S/C14H14ClN5O2S/c1-7-12(15)8(2)20(19-7)6-10-4-5-11(22-10)13(21)16-14-18-17-9(3)23-14/h4-5H,6H2,1-3H3,(H,16,18,21). The van der Waals surface area contributed by atoms with E-state index in [2.05, 4.69) is 20.6 Å². The van der Waals surface area contributed by atoms with Crippen LogP contribution in [0.15, 0.2) is 16.5 Å². The molecule has 120 valence electrons. The van der Waals surface area contributed by atoms with Crippen LogP contribution in [0.25, 0.3) is 0 Å². The number of carbonyl (C=O) groups is 1. The van der Waals surface area contributed by atoms with Crippen molar-refractivity contribution in [3.8, 4) is 0 Å². The number of nitrogens with zero attached hydrogens (tertiary/aromatic N) is 4. The Morgan fingerprint density at radius 1 is 1.35 bits per heavy atom. The Morgan fingerprint density at radius 2 is 2.13 bits per heavy atom.